The third-order valence-electron chi connectivity index (χ3n) is 6.25. The van der Waals surface area contributed by atoms with Gasteiger partial charge in [-0.05, 0) is 41.1 Å². The fraction of sp³-hybridized carbons (Fsp3) is 0.435. The van der Waals surface area contributed by atoms with Crippen molar-refractivity contribution in [1.82, 2.24) is 20.2 Å². The summed E-state index contributed by atoms with van der Waals surface area (Å²) in [7, 11) is 3.40. The number of aromatic nitrogens is 4. The summed E-state index contributed by atoms with van der Waals surface area (Å²) in [5.41, 5.74) is 2.23. The zero-order chi connectivity index (χ0) is 21.6. The number of methoxy groups -OCH3 is 2. The second-order valence-electron chi connectivity index (χ2n) is 7.98. The summed E-state index contributed by atoms with van der Waals surface area (Å²) in [4.78, 5) is 3.09. The monoisotopic (exact) mass is 424 g/mol. The van der Waals surface area contributed by atoms with Gasteiger partial charge in [0.05, 0.1) is 32.9 Å². The first-order valence-corrected chi connectivity index (χ1v) is 10.9. The Balaban J connectivity index is 1.75. The van der Waals surface area contributed by atoms with Crippen LogP contribution in [0.15, 0.2) is 48.5 Å². The van der Waals surface area contributed by atoms with Gasteiger partial charge in [0.1, 0.15) is 37.7 Å². The molecule has 0 spiro atoms. The molecule has 1 fully saturated rings. The first-order chi connectivity index (χ1) is 15.2. The lowest BCUT2D eigenvalue weighted by Gasteiger charge is -2.34. The van der Waals surface area contributed by atoms with Crippen molar-refractivity contribution in [2.24, 2.45) is 0 Å². The van der Waals surface area contributed by atoms with Gasteiger partial charge in [0, 0.05) is 0 Å². The third-order valence-corrected chi connectivity index (χ3v) is 6.25. The van der Waals surface area contributed by atoms with Gasteiger partial charge in [-0.1, -0.05) is 30.3 Å². The van der Waals surface area contributed by atoms with Gasteiger partial charge in [-0.2, -0.15) is 0 Å². The first-order valence-electron chi connectivity index (χ1n) is 10.9. The topological polar surface area (TPSA) is 70.9 Å². The van der Waals surface area contributed by atoms with Crippen LogP contribution in [-0.2, 0) is 6.54 Å². The highest BCUT2D eigenvalue weighted by Gasteiger charge is 2.37. The number of likely N-dealkylation sites (N-methyl/N-ethyl adjacent to an activating group) is 1. The minimum atomic E-state index is -0.0397. The Hall–Kier alpha value is -2.97. The zero-order valence-corrected chi connectivity index (χ0v) is 18.5. The number of rotatable bonds is 8. The molecule has 1 aliphatic rings. The van der Waals surface area contributed by atoms with Crippen molar-refractivity contribution in [3.8, 4) is 11.5 Å². The van der Waals surface area contributed by atoms with Gasteiger partial charge in [0.15, 0.2) is 6.04 Å². The van der Waals surface area contributed by atoms with Crippen LogP contribution in [0.1, 0.15) is 29.9 Å². The Bertz CT molecular complexity index is 969. The summed E-state index contributed by atoms with van der Waals surface area (Å²) in [5.74, 6) is 2.49. The van der Waals surface area contributed by atoms with Gasteiger partial charge in [-0.3, -0.25) is 0 Å². The molecule has 2 N–H and O–H groups in total. The number of ether oxygens (including phenoxy) is 2. The van der Waals surface area contributed by atoms with E-state index in [0.717, 1.165) is 55.6 Å². The molecule has 1 atom stereocenters. The molecule has 0 bridgehead atoms. The van der Waals surface area contributed by atoms with Crippen LogP contribution in [-0.4, -0.2) is 67.2 Å². The maximum Gasteiger partial charge on any atom is 0.214 e. The predicted octanol–water partition coefficient (Wildman–Crippen LogP) is -0.369. The van der Waals surface area contributed by atoms with E-state index >= 15 is 0 Å². The van der Waals surface area contributed by atoms with E-state index in [0.29, 0.717) is 6.54 Å². The van der Waals surface area contributed by atoms with Crippen LogP contribution in [0.2, 0.25) is 0 Å². The second kappa shape index (κ2) is 9.89. The van der Waals surface area contributed by atoms with Crippen LogP contribution in [0.5, 0.6) is 11.5 Å². The van der Waals surface area contributed by atoms with Gasteiger partial charge in [0.25, 0.3) is 0 Å². The van der Waals surface area contributed by atoms with E-state index in [1.165, 1.54) is 10.5 Å². The van der Waals surface area contributed by atoms with Crippen molar-refractivity contribution in [3.05, 3.63) is 65.5 Å². The molecule has 1 aromatic heterocycles. The number of piperazine rings is 1. The second-order valence-corrected chi connectivity index (χ2v) is 7.98. The number of hydrogen-bond donors (Lipinski definition) is 2. The minimum Gasteiger partial charge on any atom is -0.497 e. The largest absolute Gasteiger partial charge is 0.497 e. The molecule has 0 radical (unpaired) electrons. The average molecular weight is 425 g/mol. The molecule has 4 rings (SSSR count). The lowest BCUT2D eigenvalue weighted by atomic mass is 10.0. The van der Waals surface area contributed by atoms with E-state index in [-0.39, 0.29) is 6.04 Å². The average Bonchev–Trinajstić information content (AvgIpc) is 3.27. The molecular weight excluding hydrogens is 392 g/mol. The van der Waals surface area contributed by atoms with Gasteiger partial charge in [-0.25, -0.2) is 4.68 Å². The molecule has 31 heavy (non-hydrogen) atoms. The van der Waals surface area contributed by atoms with Crippen LogP contribution in [0.3, 0.4) is 0 Å². The first kappa shape index (κ1) is 21.3. The molecule has 2 heterocycles. The Morgan fingerprint density at radius 3 is 2.45 bits per heavy atom. The summed E-state index contributed by atoms with van der Waals surface area (Å²) >= 11 is 0. The Morgan fingerprint density at radius 1 is 1.00 bits per heavy atom. The molecule has 0 amide bonds. The molecule has 0 aliphatic carbocycles. The summed E-state index contributed by atoms with van der Waals surface area (Å²) in [6.07, 6.45) is 0. The zero-order valence-electron chi connectivity index (χ0n) is 18.5. The number of hydrogen-bond acceptors (Lipinski definition) is 5. The van der Waals surface area contributed by atoms with Gasteiger partial charge < -0.3 is 19.3 Å². The molecule has 8 nitrogen and oxygen atoms in total. The van der Waals surface area contributed by atoms with Gasteiger partial charge in [0.2, 0.25) is 5.82 Å². The van der Waals surface area contributed by atoms with E-state index in [4.69, 9.17) is 9.47 Å². The van der Waals surface area contributed by atoms with Crippen molar-refractivity contribution in [2.45, 2.75) is 19.5 Å². The van der Waals surface area contributed by atoms with Crippen molar-refractivity contribution in [1.29, 1.82) is 0 Å². The quantitative estimate of drug-likeness (QED) is 0.517. The van der Waals surface area contributed by atoms with Crippen LogP contribution < -0.4 is 19.3 Å². The fourth-order valence-corrected chi connectivity index (χ4v) is 4.46. The van der Waals surface area contributed by atoms with Crippen LogP contribution in [0, 0.1) is 0 Å². The Labute approximate surface area is 183 Å². The van der Waals surface area contributed by atoms with Gasteiger partial charge >= 0.3 is 0 Å². The number of benzene rings is 2. The van der Waals surface area contributed by atoms with Crippen LogP contribution in [0.4, 0.5) is 0 Å². The SMILES string of the molecule is CC[NH+]1CC[NH+]([C@@H](c2cc(OC)ccc2OC)c2nnnn2Cc2ccccc2)CC1. The van der Waals surface area contributed by atoms with Crippen molar-refractivity contribution in [2.75, 3.05) is 46.9 Å². The highest BCUT2D eigenvalue weighted by molar-refractivity contribution is 5.43. The Morgan fingerprint density at radius 2 is 1.77 bits per heavy atom. The number of nitrogens with one attached hydrogen (secondary N) is 2. The molecule has 0 saturated carbocycles. The van der Waals surface area contributed by atoms with Crippen molar-refractivity contribution < 1.29 is 19.3 Å². The molecule has 1 saturated heterocycles. The molecule has 8 heteroatoms. The third kappa shape index (κ3) is 4.70. The van der Waals surface area contributed by atoms with E-state index < -0.39 is 0 Å². The van der Waals surface area contributed by atoms with E-state index in [1.54, 1.807) is 19.1 Å². The number of nitrogens with zero attached hydrogens (tertiary/aromatic N) is 4. The number of tetrazole rings is 1. The fourth-order valence-electron chi connectivity index (χ4n) is 4.46. The molecule has 1 aliphatic heterocycles. The van der Waals surface area contributed by atoms with Crippen molar-refractivity contribution >= 4 is 0 Å². The van der Waals surface area contributed by atoms with Crippen molar-refractivity contribution in [3.63, 3.8) is 0 Å². The number of quaternary nitrogens is 2. The lowest BCUT2D eigenvalue weighted by Crippen LogP contribution is -3.28. The maximum atomic E-state index is 5.76. The molecule has 2 aromatic carbocycles. The normalized spacial score (nSPS) is 19.7. The lowest BCUT2D eigenvalue weighted by molar-refractivity contribution is -1.02. The Kier molecular flexibility index (Phi) is 6.79. The predicted molar refractivity (Wildman–Crippen MR) is 117 cm³/mol. The van der Waals surface area contributed by atoms with Crippen LogP contribution in [0.25, 0.3) is 0 Å². The van der Waals surface area contributed by atoms with Gasteiger partial charge in [-0.15, -0.1) is 5.10 Å². The standard InChI is InChI=1S/C23H30N6O2/c1-4-27-12-14-28(15-13-27)22(20-16-19(30-2)10-11-21(20)31-3)23-24-25-26-29(23)17-18-8-6-5-7-9-18/h5-11,16,22H,4,12-15,17H2,1-3H3/p+2/t22-/m0/s1. The summed E-state index contributed by atoms with van der Waals surface area (Å²) < 4.78 is 13.2. The molecule has 0 unspecified atom stereocenters. The minimum absolute atomic E-state index is 0.0397. The van der Waals surface area contributed by atoms with E-state index in [9.17, 15) is 0 Å². The summed E-state index contributed by atoms with van der Waals surface area (Å²) in [6.45, 7) is 8.41. The van der Waals surface area contributed by atoms with Crippen LogP contribution >= 0.6 is 0 Å². The summed E-state index contributed by atoms with van der Waals surface area (Å²) in [6, 6.07) is 16.2. The highest BCUT2D eigenvalue weighted by atomic mass is 16.5. The highest BCUT2D eigenvalue weighted by Crippen LogP contribution is 2.31. The van der Waals surface area contributed by atoms with E-state index in [2.05, 4.69) is 40.6 Å². The molecule has 164 valence electrons. The molecule has 3 aromatic rings. The summed E-state index contributed by atoms with van der Waals surface area (Å²) in [5, 5.41) is 12.9. The van der Waals surface area contributed by atoms with E-state index in [1.807, 2.05) is 35.0 Å². The smallest absolute Gasteiger partial charge is 0.214 e. The maximum absolute atomic E-state index is 5.76. The molecular formula is C23H32N6O2+2.